The van der Waals surface area contributed by atoms with E-state index in [1.54, 1.807) is 7.05 Å². The van der Waals surface area contributed by atoms with Crippen molar-refractivity contribution in [3.05, 3.63) is 12.2 Å². The van der Waals surface area contributed by atoms with Crippen LogP contribution in [0.2, 0.25) is 0 Å². The van der Waals surface area contributed by atoms with Gasteiger partial charge in [-0.3, -0.25) is 5.10 Å². The average molecular weight is 215 g/mol. The quantitative estimate of drug-likeness (QED) is 0.450. The summed E-state index contributed by atoms with van der Waals surface area (Å²) in [6.07, 6.45) is 1.52. The summed E-state index contributed by atoms with van der Waals surface area (Å²) >= 11 is 4.88. The minimum Gasteiger partial charge on any atom is -0.372 e. The Hall–Kier alpha value is -1.21. The summed E-state index contributed by atoms with van der Waals surface area (Å²) in [5, 5.41) is 12.8. The molecule has 0 bridgehead atoms. The molecule has 1 aromatic heterocycles. The lowest BCUT2D eigenvalue weighted by Gasteiger charge is -2.06. The molecule has 0 aromatic carbocycles. The van der Waals surface area contributed by atoms with Crippen LogP contribution in [0, 0.1) is 0 Å². The fourth-order valence-corrected chi connectivity index (χ4v) is 0.896. The molecule has 0 unspecified atom stereocenters. The molecule has 1 aromatic rings. The first-order chi connectivity index (χ1) is 6.83. The van der Waals surface area contributed by atoms with E-state index in [0.717, 1.165) is 0 Å². The molecular formula is C7H13N5OS. The van der Waals surface area contributed by atoms with E-state index in [1.165, 1.54) is 6.33 Å². The largest absolute Gasteiger partial charge is 0.372 e. The van der Waals surface area contributed by atoms with Crippen molar-refractivity contribution in [2.45, 2.75) is 6.61 Å². The number of nitrogens with one attached hydrogen (secondary N) is 3. The summed E-state index contributed by atoms with van der Waals surface area (Å²) in [6.45, 7) is 1.65. The van der Waals surface area contributed by atoms with Crippen molar-refractivity contribution >= 4 is 17.3 Å². The van der Waals surface area contributed by atoms with Gasteiger partial charge in [0.25, 0.3) is 0 Å². The lowest BCUT2D eigenvalue weighted by atomic mass is 10.6. The smallest absolute Gasteiger partial charge is 0.175 e. The first-order valence-corrected chi connectivity index (χ1v) is 4.61. The van der Waals surface area contributed by atoms with E-state index in [9.17, 15) is 0 Å². The summed E-state index contributed by atoms with van der Waals surface area (Å²) in [5.41, 5.74) is 0. The number of aromatic amines is 1. The summed E-state index contributed by atoms with van der Waals surface area (Å²) in [5.74, 6) is 0.654. The first kappa shape index (κ1) is 10.9. The van der Waals surface area contributed by atoms with Crippen LogP contribution in [-0.2, 0) is 11.3 Å². The molecule has 0 saturated carbocycles. The third-order valence-electron chi connectivity index (χ3n) is 1.46. The van der Waals surface area contributed by atoms with Gasteiger partial charge in [0.2, 0.25) is 0 Å². The van der Waals surface area contributed by atoms with Crippen LogP contribution >= 0.6 is 12.2 Å². The molecule has 14 heavy (non-hydrogen) atoms. The lowest BCUT2D eigenvalue weighted by Crippen LogP contribution is -2.34. The fourth-order valence-electron chi connectivity index (χ4n) is 0.794. The minimum absolute atomic E-state index is 0.414. The Labute approximate surface area is 87.4 Å². The Morgan fingerprint density at radius 1 is 1.71 bits per heavy atom. The maximum atomic E-state index is 5.28. The summed E-state index contributed by atoms with van der Waals surface area (Å²) in [6, 6.07) is 0. The molecule has 0 aliphatic rings. The van der Waals surface area contributed by atoms with Gasteiger partial charge in [-0.05, 0) is 12.2 Å². The van der Waals surface area contributed by atoms with Crippen LogP contribution in [0.15, 0.2) is 6.33 Å². The predicted octanol–water partition coefficient (Wildman–Crippen LogP) is -0.585. The van der Waals surface area contributed by atoms with Gasteiger partial charge in [-0.25, -0.2) is 4.98 Å². The highest BCUT2D eigenvalue weighted by Crippen LogP contribution is 1.88. The second-order valence-corrected chi connectivity index (χ2v) is 2.88. The Bertz CT molecular complexity index is 263. The van der Waals surface area contributed by atoms with Crippen molar-refractivity contribution in [2.24, 2.45) is 0 Å². The fraction of sp³-hybridized carbons (Fsp3) is 0.571. The summed E-state index contributed by atoms with van der Waals surface area (Å²) in [7, 11) is 1.77. The molecule has 0 fully saturated rings. The van der Waals surface area contributed by atoms with E-state index < -0.39 is 0 Å². The molecule has 0 atom stereocenters. The zero-order valence-corrected chi connectivity index (χ0v) is 8.73. The van der Waals surface area contributed by atoms with Gasteiger partial charge in [-0.15, -0.1) is 0 Å². The van der Waals surface area contributed by atoms with Gasteiger partial charge in [-0.1, -0.05) is 0 Å². The van der Waals surface area contributed by atoms with Crippen molar-refractivity contribution in [3.63, 3.8) is 0 Å². The summed E-state index contributed by atoms with van der Waals surface area (Å²) < 4.78 is 5.28. The molecule has 78 valence electrons. The highest BCUT2D eigenvalue weighted by atomic mass is 32.1. The molecule has 0 aliphatic heterocycles. The highest BCUT2D eigenvalue weighted by molar-refractivity contribution is 7.80. The van der Waals surface area contributed by atoms with Crippen LogP contribution in [0.3, 0.4) is 0 Å². The minimum atomic E-state index is 0.414. The van der Waals surface area contributed by atoms with Crippen LogP contribution in [0.4, 0.5) is 0 Å². The predicted molar refractivity (Wildman–Crippen MR) is 55.7 cm³/mol. The molecule has 0 radical (unpaired) electrons. The van der Waals surface area contributed by atoms with Crippen molar-refractivity contribution in [1.29, 1.82) is 0 Å². The summed E-state index contributed by atoms with van der Waals surface area (Å²) in [4.78, 5) is 3.91. The van der Waals surface area contributed by atoms with Gasteiger partial charge in [0, 0.05) is 13.6 Å². The second-order valence-electron chi connectivity index (χ2n) is 2.47. The number of hydrogen-bond donors (Lipinski definition) is 3. The maximum absolute atomic E-state index is 5.28. The molecule has 0 spiro atoms. The van der Waals surface area contributed by atoms with Crippen LogP contribution in [-0.4, -0.2) is 40.5 Å². The van der Waals surface area contributed by atoms with Crippen molar-refractivity contribution < 1.29 is 4.74 Å². The number of hydrogen-bond acceptors (Lipinski definition) is 4. The van der Waals surface area contributed by atoms with Crippen molar-refractivity contribution in [3.8, 4) is 0 Å². The number of aromatic nitrogens is 3. The van der Waals surface area contributed by atoms with Crippen molar-refractivity contribution in [1.82, 2.24) is 25.8 Å². The zero-order chi connectivity index (χ0) is 10.2. The molecule has 0 aliphatic carbocycles. The molecule has 0 saturated heterocycles. The normalized spacial score (nSPS) is 9.79. The third-order valence-corrected chi connectivity index (χ3v) is 1.80. The number of ether oxygens (including phenoxy) is 1. The van der Waals surface area contributed by atoms with Crippen LogP contribution in [0.5, 0.6) is 0 Å². The second kappa shape index (κ2) is 6.28. The van der Waals surface area contributed by atoms with E-state index in [1.807, 2.05) is 0 Å². The first-order valence-electron chi connectivity index (χ1n) is 4.21. The van der Waals surface area contributed by atoms with Gasteiger partial charge in [0.15, 0.2) is 10.9 Å². The molecular weight excluding hydrogens is 202 g/mol. The molecule has 3 N–H and O–H groups in total. The molecule has 6 nitrogen and oxygen atoms in total. The van der Waals surface area contributed by atoms with E-state index in [4.69, 9.17) is 17.0 Å². The van der Waals surface area contributed by atoms with E-state index in [0.29, 0.717) is 30.7 Å². The topological polar surface area (TPSA) is 74.9 Å². The third kappa shape index (κ3) is 4.15. The van der Waals surface area contributed by atoms with Crippen LogP contribution < -0.4 is 10.6 Å². The SMILES string of the molecule is CNC(=S)NCCOCc1nc[nH]n1. The van der Waals surface area contributed by atoms with Gasteiger partial charge in [0.1, 0.15) is 12.9 Å². The molecule has 1 heterocycles. The number of H-pyrrole nitrogens is 1. The monoisotopic (exact) mass is 215 g/mol. The van der Waals surface area contributed by atoms with Gasteiger partial charge in [0.05, 0.1) is 6.61 Å². The number of rotatable bonds is 5. The van der Waals surface area contributed by atoms with Crippen molar-refractivity contribution in [2.75, 3.05) is 20.2 Å². The zero-order valence-electron chi connectivity index (χ0n) is 7.91. The maximum Gasteiger partial charge on any atom is 0.175 e. The molecule has 0 amide bonds. The Morgan fingerprint density at radius 2 is 2.57 bits per heavy atom. The standard InChI is InChI=1S/C7H13N5OS/c1-8-7(14)9-2-3-13-4-6-10-5-11-12-6/h5H,2-4H2,1H3,(H2,8,9,14)(H,10,11,12). The Kier molecular flexibility index (Phi) is 4.87. The Balaban J connectivity index is 1.97. The van der Waals surface area contributed by atoms with E-state index in [-0.39, 0.29) is 0 Å². The van der Waals surface area contributed by atoms with Gasteiger partial charge < -0.3 is 15.4 Å². The molecule has 7 heteroatoms. The highest BCUT2D eigenvalue weighted by Gasteiger charge is 1.96. The van der Waals surface area contributed by atoms with E-state index in [2.05, 4.69) is 25.8 Å². The lowest BCUT2D eigenvalue weighted by molar-refractivity contribution is 0.120. The average Bonchev–Trinajstić information content (AvgIpc) is 2.69. The Morgan fingerprint density at radius 3 is 3.21 bits per heavy atom. The van der Waals surface area contributed by atoms with Crippen LogP contribution in [0.1, 0.15) is 5.82 Å². The van der Waals surface area contributed by atoms with Gasteiger partial charge >= 0.3 is 0 Å². The number of nitrogens with zero attached hydrogens (tertiary/aromatic N) is 2. The van der Waals surface area contributed by atoms with Crippen LogP contribution in [0.25, 0.3) is 0 Å². The van der Waals surface area contributed by atoms with E-state index >= 15 is 0 Å². The number of thiocarbonyl (C=S) groups is 1. The molecule has 1 rings (SSSR count). The van der Waals surface area contributed by atoms with Gasteiger partial charge in [-0.2, -0.15) is 5.10 Å².